The smallest absolute Gasteiger partial charge is 0.317 e. The van der Waals surface area contributed by atoms with Crippen LogP contribution in [0.2, 0.25) is 0 Å². The van der Waals surface area contributed by atoms with E-state index in [9.17, 15) is 4.79 Å². The number of para-hydroxylation sites is 1. The maximum absolute atomic E-state index is 12.1. The van der Waals surface area contributed by atoms with E-state index in [1.165, 1.54) is 0 Å². The molecule has 7 heteroatoms. The molecule has 1 aromatic carbocycles. The van der Waals surface area contributed by atoms with Gasteiger partial charge in [0.15, 0.2) is 5.82 Å². The highest BCUT2D eigenvalue weighted by Crippen LogP contribution is 2.38. The number of rotatable bonds is 8. The lowest BCUT2D eigenvalue weighted by atomic mass is 10.1. The summed E-state index contributed by atoms with van der Waals surface area (Å²) in [5.74, 6) is 2.56. The fraction of sp³-hybridized carbons (Fsp3) is 0.526. The summed E-state index contributed by atoms with van der Waals surface area (Å²) in [6.07, 6.45) is 2.98. The quantitative estimate of drug-likeness (QED) is 0.733. The molecule has 7 nitrogen and oxygen atoms in total. The molecule has 0 radical (unpaired) electrons. The van der Waals surface area contributed by atoms with Crippen LogP contribution in [0.5, 0.6) is 5.75 Å². The molecular weight excluding hydrogens is 332 g/mol. The fourth-order valence-electron chi connectivity index (χ4n) is 2.73. The predicted molar refractivity (Wildman–Crippen MR) is 97.2 cm³/mol. The van der Waals surface area contributed by atoms with Crippen molar-refractivity contribution in [3.8, 4) is 5.75 Å². The van der Waals surface area contributed by atoms with Crippen LogP contribution in [-0.2, 0) is 6.54 Å². The first-order chi connectivity index (χ1) is 12.5. The number of carbonyl (C=O) groups excluding carboxylic acids is 1. The van der Waals surface area contributed by atoms with E-state index in [1.807, 2.05) is 32.0 Å². The van der Waals surface area contributed by atoms with Gasteiger partial charge in [-0.3, -0.25) is 0 Å². The van der Waals surface area contributed by atoms with Gasteiger partial charge in [-0.25, -0.2) is 4.79 Å². The number of aryl methyl sites for hydroxylation is 2. The number of hydrogen-bond donors (Lipinski definition) is 1. The van der Waals surface area contributed by atoms with Gasteiger partial charge >= 0.3 is 6.03 Å². The van der Waals surface area contributed by atoms with Crippen LogP contribution >= 0.6 is 0 Å². The first kappa shape index (κ1) is 18.2. The third-order valence-corrected chi connectivity index (χ3v) is 4.45. The summed E-state index contributed by atoms with van der Waals surface area (Å²) in [7, 11) is 1.76. The lowest BCUT2D eigenvalue weighted by molar-refractivity contribution is 0.202. The van der Waals surface area contributed by atoms with Gasteiger partial charge in [-0.05, 0) is 44.2 Å². The van der Waals surface area contributed by atoms with Crippen molar-refractivity contribution >= 4 is 6.03 Å². The van der Waals surface area contributed by atoms with Gasteiger partial charge in [-0.1, -0.05) is 23.4 Å². The van der Waals surface area contributed by atoms with Crippen molar-refractivity contribution in [2.24, 2.45) is 0 Å². The highest BCUT2D eigenvalue weighted by Gasteiger charge is 2.29. The Kier molecular flexibility index (Phi) is 5.75. The molecule has 2 aromatic rings. The molecule has 3 rings (SSSR count). The molecule has 1 saturated carbocycles. The van der Waals surface area contributed by atoms with E-state index in [0.29, 0.717) is 30.8 Å². The van der Waals surface area contributed by atoms with Crippen LogP contribution < -0.4 is 10.1 Å². The summed E-state index contributed by atoms with van der Waals surface area (Å²) in [5, 5.41) is 6.70. The van der Waals surface area contributed by atoms with E-state index in [-0.39, 0.29) is 12.6 Å². The SMILES string of the molecule is Cc1cccc(C)c1OCCCN(C)C(=O)NCc1noc(C2CC2)n1. The highest BCUT2D eigenvalue weighted by molar-refractivity contribution is 5.73. The zero-order valence-electron chi connectivity index (χ0n) is 15.6. The van der Waals surface area contributed by atoms with Crippen LogP contribution in [0.25, 0.3) is 0 Å². The van der Waals surface area contributed by atoms with Crippen LogP contribution in [0.1, 0.15) is 48.0 Å². The minimum Gasteiger partial charge on any atom is -0.493 e. The maximum Gasteiger partial charge on any atom is 0.317 e. The van der Waals surface area contributed by atoms with Gasteiger partial charge in [0.25, 0.3) is 0 Å². The number of nitrogens with one attached hydrogen (secondary N) is 1. The Bertz CT molecular complexity index is 735. The topological polar surface area (TPSA) is 80.5 Å². The number of aromatic nitrogens is 2. The Morgan fingerprint density at radius 2 is 2.08 bits per heavy atom. The van der Waals surface area contributed by atoms with Crippen LogP contribution in [0.3, 0.4) is 0 Å². The first-order valence-electron chi connectivity index (χ1n) is 9.05. The number of amides is 2. The molecule has 1 aliphatic rings. The van der Waals surface area contributed by atoms with E-state index >= 15 is 0 Å². The average Bonchev–Trinajstić information content (AvgIpc) is 3.37. The minimum atomic E-state index is -0.158. The summed E-state index contributed by atoms with van der Waals surface area (Å²) in [6, 6.07) is 5.94. The molecular formula is C19H26N4O3. The van der Waals surface area contributed by atoms with Crippen molar-refractivity contribution < 1.29 is 14.1 Å². The molecule has 2 amide bonds. The Hall–Kier alpha value is -2.57. The normalized spacial score (nSPS) is 13.5. The number of benzene rings is 1. The van der Waals surface area contributed by atoms with E-state index in [1.54, 1.807) is 11.9 Å². The van der Waals surface area contributed by atoms with Crippen molar-refractivity contribution in [1.82, 2.24) is 20.4 Å². The Morgan fingerprint density at radius 1 is 1.35 bits per heavy atom. The zero-order valence-corrected chi connectivity index (χ0v) is 15.6. The molecule has 1 aromatic heterocycles. The van der Waals surface area contributed by atoms with Crippen LogP contribution in [0, 0.1) is 13.8 Å². The molecule has 0 saturated heterocycles. The molecule has 0 aliphatic heterocycles. The van der Waals surface area contributed by atoms with E-state index in [0.717, 1.165) is 36.1 Å². The van der Waals surface area contributed by atoms with Gasteiger partial charge < -0.3 is 19.5 Å². The average molecular weight is 358 g/mol. The van der Waals surface area contributed by atoms with Crippen LogP contribution in [0.15, 0.2) is 22.7 Å². The zero-order chi connectivity index (χ0) is 18.5. The van der Waals surface area contributed by atoms with Gasteiger partial charge in [0.05, 0.1) is 13.2 Å². The Labute approximate surface area is 153 Å². The Morgan fingerprint density at radius 3 is 2.77 bits per heavy atom. The molecule has 0 atom stereocenters. The number of hydrogen-bond acceptors (Lipinski definition) is 5. The second kappa shape index (κ2) is 8.21. The molecule has 26 heavy (non-hydrogen) atoms. The van der Waals surface area contributed by atoms with Crippen LogP contribution in [0.4, 0.5) is 4.79 Å². The molecule has 0 bridgehead atoms. The molecule has 140 valence electrons. The van der Waals surface area contributed by atoms with E-state index in [2.05, 4.69) is 15.5 Å². The predicted octanol–water partition coefficient (Wildman–Crippen LogP) is 3.17. The molecule has 1 heterocycles. The summed E-state index contributed by atoms with van der Waals surface area (Å²) < 4.78 is 11.0. The molecule has 1 aliphatic carbocycles. The van der Waals surface area contributed by atoms with Crippen molar-refractivity contribution in [1.29, 1.82) is 0 Å². The van der Waals surface area contributed by atoms with Crippen molar-refractivity contribution in [2.75, 3.05) is 20.2 Å². The van der Waals surface area contributed by atoms with E-state index in [4.69, 9.17) is 9.26 Å². The number of carbonyl (C=O) groups is 1. The minimum absolute atomic E-state index is 0.158. The lowest BCUT2D eigenvalue weighted by Crippen LogP contribution is -2.38. The second-order valence-corrected chi connectivity index (χ2v) is 6.83. The van der Waals surface area contributed by atoms with Gasteiger partial charge in [-0.2, -0.15) is 4.98 Å². The third-order valence-electron chi connectivity index (χ3n) is 4.45. The number of nitrogens with zero attached hydrogens (tertiary/aromatic N) is 3. The largest absolute Gasteiger partial charge is 0.493 e. The standard InChI is InChI=1S/C19H26N4O3/c1-13-6-4-7-14(2)17(13)25-11-5-10-23(3)19(24)20-12-16-21-18(26-22-16)15-8-9-15/h4,6-7,15H,5,8-12H2,1-3H3,(H,20,24). The van der Waals surface area contributed by atoms with Crippen molar-refractivity contribution in [3.63, 3.8) is 0 Å². The van der Waals surface area contributed by atoms with Gasteiger partial charge in [-0.15, -0.1) is 0 Å². The fourth-order valence-corrected chi connectivity index (χ4v) is 2.73. The van der Waals surface area contributed by atoms with Crippen LogP contribution in [-0.4, -0.2) is 41.3 Å². The highest BCUT2D eigenvalue weighted by atomic mass is 16.5. The number of urea groups is 1. The monoisotopic (exact) mass is 358 g/mol. The van der Waals surface area contributed by atoms with Gasteiger partial charge in [0.1, 0.15) is 5.75 Å². The maximum atomic E-state index is 12.1. The summed E-state index contributed by atoms with van der Waals surface area (Å²) in [6.45, 7) is 5.52. The van der Waals surface area contributed by atoms with Crippen molar-refractivity contribution in [2.45, 2.75) is 45.6 Å². The van der Waals surface area contributed by atoms with Crippen molar-refractivity contribution in [3.05, 3.63) is 41.0 Å². The van der Waals surface area contributed by atoms with E-state index < -0.39 is 0 Å². The molecule has 1 N–H and O–H groups in total. The molecule has 0 spiro atoms. The third kappa shape index (κ3) is 4.74. The molecule has 0 unspecified atom stereocenters. The summed E-state index contributed by atoms with van der Waals surface area (Å²) >= 11 is 0. The summed E-state index contributed by atoms with van der Waals surface area (Å²) in [5.41, 5.74) is 2.25. The lowest BCUT2D eigenvalue weighted by Gasteiger charge is -2.18. The van der Waals surface area contributed by atoms with Gasteiger partial charge in [0, 0.05) is 19.5 Å². The number of ether oxygens (including phenoxy) is 1. The first-order valence-corrected chi connectivity index (χ1v) is 9.05. The van der Waals surface area contributed by atoms with Gasteiger partial charge in [0.2, 0.25) is 5.89 Å². The Balaban J connectivity index is 1.35. The summed E-state index contributed by atoms with van der Waals surface area (Å²) in [4.78, 5) is 18.1. The second-order valence-electron chi connectivity index (χ2n) is 6.83. The molecule has 1 fully saturated rings.